The molecule has 150 valence electrons. The van der Waals surface area contributed by atoms with Crippen molar-refractivity contribution in [3.63, 3.8) is 0 Å². The monoisotopic (exact) mass is 409 g/mol. The Hall–Kier alpha value is -0.910. The Labute approximate surface area is 172 Å². The minimum atomic E-state index is -0.0452. The van der Waals surface area contributed by atoms with Crippen LogP contribution in [0.4, 0.5) is 0 Å². The first-order valence-corrected chi connectivity index (χ1v) is 11.7. The number of nitrogens with one attached hydrogen (secondary N) is 2. The van der Waals surface area contributed by atoms with E-state index in [9.17, 15) is 0 Å². The second kappa shape index (κ2) is 10.0. The van der Waals surface area contributed by atoms with Gasteiger partial charge in [0.05, 0.1) is 6.54 Å². The summed E-state index contributed by atoms with van der Waals surface area (Å²) in [6, 6.07) is 8.74. The Morgan fingerprint density at radius 1 is 1.30 bits per heavy atom. The molecule has 0 amide bonds. The third kappa shape index (κ3) is 5.33. The van der Waals surface area contributed by atoms with E-state index in [1.54, 1.807) is 0 Å². The van der Waals surface area contributed by atoms with E-state index in [2.05, 4.69) is 35.9 Å². The number of nitrogens with zero attached hydrogens (tertiary/aromatic N) is 1. The largest absolute Gasteiger partial charge is 0.381 e. The number of benzene rings is 1. The molecule has 1 saturated carbocycles. The summed E-state index contributed by atoms with van der Waals surface area (Å²) >= 11 is 8.55. The molecule has 1 saturated heterocycles. The lowest BCUT2D eigenvalue weighted by Gasteiger charge is -2.37. The van der Waals surface area contributed by atoms with Crippen molar-refractivity contribution >= 4 is 29.3 Å². The molecular formula is C21H32ClN3OS. The molecule has 0 aromatic heterocycles. The summed E-state index contributed by atoms with van der Waals surface area (Å²) < 4.78 is 5.65. The molecule has 2 unspecified atom stereocenters. The molecule has 2 atom stereocenters. The fourth-order valence-electron chi connectivity index (χ4n) is 4.20. The van der Waals surface area contributed by atoms with Crippen molar-refractivity contribution in [1.82, 2.24) is 10.6 Å². The Bertz CT molecular complexity index is 634. The molecule has 0 bridgehead atoms. The van der Waals surface area contributed by atoms with Crippen molar-refractivity contribution in [3.05, 3.63) is 34.9 Å². The van der Waals surface area contributed by atoms with Crippen LogP contribution in [0.25, 0.3) is 0 Å². The normalized spacial score (nSPS) is 25.4. The molecule has 1 heterocycles. The van der Waals surface area contributed by atoms with Crippen molar-refractivity contribution in [3.8, 4) is 0 Å². The van der Waals surface area contributed by atoms with E-state index in [1.807, 2.05) is 23.9 Å². The summed E-state index contributed by atoms with van der Waals surface area (Å²) in [6.07, 6.45) is 7.85. The number of thioether (sulfide) groups is 1. The number of ether oxygens (including phenoxy) is 1. The second-order valence-electron chi connectivity index (χ2n) is 7.58. The van der Waals surface area contributed by atoms with Crippen LogP contribution in [-0.2, 0) is 10.2 Å². The molecule has 2 fully saturated rings. The molecule has 2 N–H and O–H groups in total. The standard InChI is InChI=1S/C21H32ClN3OS/c1-3-23-20(25-16-8-9-17(14-16)27-2)24-15-21(10-12-26-13-11-21)18-6-4-5-7-19(18)22/h4-7,16-17H,3,8-15H2,1-2H3,(H2,23,24,25). The van der Waals surface area contributed by atoms with Crippen molar-refractivity contribution in [1.29, 1.82) is 0 Å². The summed E-state index contributed by atoms with van der Waals surface area (Å²) in [7, 11) is 0. The fourth-order valence-corrected chi connectivity index (χ4v) is 5.33. The van der Waals surface area contributed by atoms with E-state index >= 15 is 0 Å². The quantitative estimate of drug-likeness (QED) is 0.545. The van der Waals surface area contributed by atoms with E-state index in [-0.39, 0.29) is 5.41 Å². The summed E-state index contributed by atoms with van der Waals surface area (Å²) in [6.45, 7) is 5.25. The predicted molar refractivity (Wildman–Crippen MR) is 117 cm³/mol. The Kier molecular flexibility index (Phi) is 7.74. The van der Waals surface area contributed by atoms with Crippen molar-refractivity contribution < 1.29 is 4.74 Å². The van der Waals surface area contributed by atoms with Gasteiger partial charge < -0.3 is 15.4 Å². The van der Waals surface area contributed by atoms with Crippen LogP contribution >= 0.6 is 23.4 Å². The van der Waals surface area contributed by atoms with E-state index in [1.165, 1.54) is 24.8 Å². The predicted octanol–water partition coefficient (Wildman–Crippen LogP) is 4.23. The minimum Gasteiger partial charge on any atom is -0.381 e. The van der Waals surface area contributed by atoms with Gasteiger partial charge in [0.15, 0.2) is 5.96 Å². The van der Waals surface area contributed by atoms with Crippen LogP contribution in [0.2, 0.25) is 5.02 Å². The van der Waals surface area contributed by atoms with Gasteiger partial charge in [-0.25, -0.2) is 0 Å². The first kappa shape index (κ1) is 20.8. The van der Waals surface area contributed by atoms with Gasteiger partial charge in [0.25, 0.3) is 0 Å². The Morgan fingerprint density at radius 2 is 2.07 bits per heavy atom. The molecule has 0 spiro atoms. The molecule has 2 aliphatic rings. The third-order valence-corrected chi connectivity index (χ3v) is 7.26. The molecule has 1 aliphatic carbocycles. The van der Waals surface area contributed by atoms with Crippen LogP contribution in [0.1, 0.15) is 44.6 Å². The molecule has 1 aliphatic heterocycles. The average Bonchev–Trinajstić information content (AvgIpc) is 3.15. The van der Waals surface area contributed by atoms with Crippen LogP contribution in [0.5, 0.6) is 0 Å². The topological polar surface area (TPSA) is 45.7 Å². The summed E-state index contributed by atoms with van der Waals surface area (Å²) in [4.78, 5) is 5.01. The van der Waals surface area contributed by atoms with Gasteiger partial charge in [-0.15, -0.1) is 0 Å². The molecule has 6 heteroatoms. The summed E-state index contributed by atoms with van der Waals surface area (Å²) in [5.41, 5.74) is 1.16. The molecule has 4 nitrogen and oxygen atoms in total. The van der Waals surface area contributed by atoms with Gasteiger partial charge in [-0.2, -0.15) is 11.8 Å². The van der Waals surface area contributed by atoms with Gasteiger partial charge in [-0.1, -0.05) is 29.8 Å². The van der Waals surface area contributed by atoms with Gasteiger partial charge in [0, 0.05) is 41.5 Å². The summed E-state index contributed by atoms with van der Waals surface area (Å²) in [5, 5.41) is 8.71. The van der Waals surface area contributed by atoms with E-state index in [4.69, 9.17) is 21.3 Å². The zero-order valence-electron chi connectivity index (χ0n) is 16.5. The molecule has 1 aromatic carbocycles. The highest BCUT2D eigenvalue weighted by molar-refractivity contribution is 7.99. The molecule has 0 radical (unpaired) electrons. The maximum Gasteiger partial charge on any atom is 0.191 e. The maximum absolute atomic E-state index is 6.57. The Balaban J connectivity index is 1.76. The maximum atomic E-state index is 6.57. The van der Waals surface area contributed by atoms with Gasteiger partial charge in [-0.3, -0.25) is 4.99 Å². The smallest absolute Gasteiger partial charge is 0.191 e. The molecule has 27 heavy (non-hydrogen) atoms. The minimum absolute atomic E-state index is 0.0452. The van der Waals surface area contributed by atoms with Crippen LogP contribution < -0.4 is 10.6 Å². The Morgan fingerprint density at radius 3 is 2.74 bits per heavy atom. The number of hydrogen-bond donors (Lipinski definition) is 2. The lowest BCUT2D eigenvalue weighted by atomic mass is 9.74. The van der Waals surface area contributed by atoms with Crippen molar-refractivity contribution in [2.24, 2.45) is 4.99 Å². The third-order valence-electron chi connectivity index (χ3n) is 5.84. The summed E-state index contributed by atoms with van der Waals surface area (Å²) in [5.74, 6) is 0.933. The molecule has 3 rings (SSSR count). The van der Waals surface area contributed by atoms with Crippen molar-refractivity contribution in [2.45, 2.75) is 55.7 Å². The number of guanidine groups is 1. The van der Waals surface area contributed by atoms with Crippen LogP contribution in [0, 0.1) is 0 Å². The van der Waals surface area contributed by atoms with Crippen LogP contribution in [0.3, 0.4) is 0 Å². The lowest BCUT2D eigenvalue weighted by Crippen LogP contribution is -2.44. The lowest BCUT2D eigenvalue weighted by molar-refractivity contribution is 0.0531. The number of aliphatic imine (C=N–C) groups is 1. The molecule has 1 aromatic rings. The van der Waals surface area contributed by atoms with Crippen molar-refractivity contribution in [2.75, 3.05) is 32.6 Å². The van der Waals surface area contributed by atoms with Gasteiger partial charge in [0.2, 0.25) is 0 Å². The zero-order valence-corrected chi connectivity index (χ0v) is 18.0. The highest BCUT2D eigenvalue weighted by Crippen LogP contribution is 2.39. The molecular weight excluding hydrogens is 378 g/mol. The van der Waals surface area contributed by atoms with Crippen LogP contribution in [-0.4, -0.2) is 49.8 Å². The second-order valence-corrected chi connectivity index (χ2v) is 9.13. The van der Waals surface area contributed by atoms with E-state index < -0.39 is 0 Å². The zero-order chi connectivity index (χ0) is 19.1. The van der Waals surface area contributed by atoms with E-state index in [0.717, 1.165) is 55.4 Å². The first-order chi connectivity index (χ1) is 13.2. The van der Waals surface area contributed by atoms with E-state index in [0.29, 0.717) is 6.04 Å². The highest BCUT2D eigenvalue weighted by Gasteiger charge is 2.36. The number of hydrogen-bond acceptors (Lipinski definition) is 3. The SMILES string of the molecule is CCNC(=NCC1(c2ccccc2Cl)CCOCC1)NC1CCC(SC)C1. The number of rotatable bonds is 6. The van der Waals surface area contributed by atoms with Gasteiger partial charge in [0.1, 0.15) is 0 Å². The van der Waals surface area contributed by atoms with Crippen LogP contribution in [0.15, 0.2) is 29.3 Å². The highest BCUT2D eigenvalue weighted by atomic mass is 35.5. The average molecular weight is 410 g/mol. The first-order valence-electron chi connectivity index (χ1n) is 10.1. The van der Waals surface area contributed by atoms with Gasteiger partial charge in [-0.05, 0) is 56.9 Å². The number of halogens is 1. The fraction of sp³-hybridized carbons (Fsp3) is 0.667. The van der Waals surface area contributed by atoms with Gasteiger partial charge >= 0.3 is 0 Å².